The van der Waals surface area contributed by atoms with Crippen molar-refractivity contribution in [2.24, 2.45) is 5.10 Å². The van der Waals surface area contributed by atoms with Crippen molar-refractivity contribution in [2.75, 3.05) is 14.2 Å². The Hall–Kier alpha value is -4.85. The van der Waals surface area contributed by atoms with Gasteiger partial charge in [0.2, 0.25) is 0 Å². The summed E-state index contributed by atoms with van der Waals surface area (Å²) >= 11 is 0. The SMILES string of the molecule is COc1cc(/C=C/C(=O)CC(/C=C/c2ccc(O)c(OC)c2)=N/NC(=O)c2ccccc2)ccc1O. The zero-order chi connectivity index (χ0) is 25.9. The molecule has 0 heterocycles. The molecular weight excluding hydrogens is 460 g/mol. The fourth-order valence-corrected chi connectivity index (χ4v) is 3.13. The first-order chi connectivity index (χ1) is 17.4. The average molecular weight is 487 g/mol. The molecule has 184 valence electrons. The number of rotatable bonds is 10. The minimum absolute atomic E-state index is 0.000511. The fraction of sp³-hybridized carbons (Fsp3) is 0.107. The van der Waals surface area contributed by atoms with Crippen LogP contribution in [0, 0.1) is 0 Å². The first kappa shape index (κ1) is 25.8. The van der Waals surface area contributed by atoms with Crippen LogP contribution in [0.1, 0.15) is 27.9 Å². The summed E-state index contributed by atoms with van der Waals surface area (Å²) in [6, 6.07) is 18.1. The third kappa shape index (κ3) is 7.33. The third-order valence-electron chi connectivity index (χ3n) is 5.03. The van der Waals surface area contributed by atoms with Crippen molar-refractivity contribution in [3.05, 3.63) is 95.6 Å². The number of phenols is 2. The minimum atomic E-state index is -0.410. The molecule has 0 aliphatic heterocycles. The molecule has 8 nitrogen and oxygen atoms in total. The van der Waals surface area contributed by atoms with E-state index in [0.717, 1.165) is 0 Å². The third-order valence-corrected chi connectivity index (χ3v) is 5.03. The number of carbonyl (C=O) groups is 2. The molecule has 3 aromatic carbocycles. The lowest BCUT2D eigenvalue weighted by atomic mass is 10.1. The molecular formula is C28H26N2O6. The van der Waals surface area contributed by atoms with Crippen LogP contribution in [0.2, 0.25) is 0 Å². The first-order valence-corrected chi connectivity index (χ1v) is 10.9. The summed E-state index contributed by atoms with van der Waals surface area (Å²) in [5.74, 6) is -0.0702. The number of hydrogen-bond donors (Lipinski definition) is 3. The number of nitrogens with zero attached hydrogens (tertiary/aromatic N) is 1. The normalized spacial score (nSPS) is 11.6. The maximum absolute atomic E-state index is 12.7. The van der Waals surface area contributed by atoms with Gasteiger partial charge in [-0.3, -0.25) is 9.59 Å². The van der Waals surface area contributed by atoms with E-state index >= 15 is 0 Å². The molecule has 0 saturated heterocycles. The molecule has 0 bridgehead atoms. The van der Waals surface area contributed by atoms with E-state index in [1.807, 2.05) is 0 Å². The fourth-order valence-electron chi connectivity index (χ4n) is 3.13. The summed E-state index contributed by atoms with van der Waals surface area (Å²) in [6.45, 7) is 0. The predicted molar refractivity (Wildman–Crippen MR) is 138 cm³/mol. The zero-order valence-corrected chi connectivity index (χ0v) is 19.8. The van der Waals surface area contributed by atoms with Gasteiger partial charge in [-0.2, -0.15) is 5.10 Å². The van der Waals surface area contributed by atoms with Crippen molar-refractivity contribution in [2.45, 2.75) is 6.42 Å². The Bertz CT molecular complexity index is 1310. The molecule has 3 rings (SSSR count). The summed E-state index contributed by atoms with van der Waals surface area (Å²) in [6.07, 6.45) is 6.19. The lowest BCUT2D eigenvalue weighted by molar-refractivity contribution is -0.113. The number of benzene rings is 3. The van der Waals surface area contributed by atoms with Gasteiger partial charge in [0, 0.05) is 5.56 Å². The number of hydrogen-bond acceptors (Lipinski definition) is 7. The molecule has 0 atom stereocenters. The lowest BCUT2D eigenvalue weighted by Crippen LogP contribution is -2.20. The standard InChI is InChI=1S/C28H26N2O6/c1-35-26-16-19(10-14-24(26)32)8-12-22(29-30-28(34)21-6-4-3-5-7-21)18-23(31)13-9-20-11-15-25(33)27(17-20)36-2/h3-17,32-33H,18H2,1-2H3,(H,30,34)/b12-8+,13-9+,29-22+. The molecule has 36 heavy (non-hydrogen) atoms. The molecule has 3 N–H and O–H groups in total. The van der Waals surface area contributed by atoms with E-state index in [4.69, 9.17) is 9.47 Å². The van der Waals surface area contributed by atoms with Crippen LogP contribution < -0.4 is 14.9 Å². The Labute approximate surface area is 208 Å². The molecule has 0 unspecified atom stereocenters. The van der Waals surface area contributed by atoms with Crippen molar-refractivity contribution < 1.29 is 29.3 Å². The molecule has 0 fully saturated rings. The summed E-state index contributed by atoms with van der Waals surface area (Å²) in [4.78, 5) is 25.1. The molecule has 0 aliphatic rings. The highest BCUT2D eigenvalue weighted by atomic mass is 16.5. The predicted octanol–water partition coefficient (Wildman–Crippen LogP) is 4.59. The van der Waals surface area contributed by atoms with Crippen LogP contribution in [0.15, 0.2) is 84.0 Å². The van der Waals surface area contributed by atoms with Gasteiger partial charge >= 0.3 is 0 Å². The second kappa shape index (κ2) is 12.6. The van der Waals surface area contributed by atoms with E-state index < -0.39 is 5.91 Å². The largest absolute Gasteiger partial charge is 0.504 e. The number of allylic oxidation sites excluding steroid dienone is 2. The Balaban J connectivity index is 1.79. The number of ether oxygens (including phenoxy) is 2. The van der Waals surface area contributed by atoms with Crippen LogP contribution in [0.5, 0.6) is 23.0 Å². The van der Waals surface area contributed by atoms with Crippen molar-refractivity contribution in [3.63, 3.8) is 0 Å². The topological polar surface area (TPSA) is 117 Å². The lowest BCUT2D eigenvalue weighted by Gasteiger charge is -2.05. The van der Waals surface area contributed by atoms with Crippen molar-refractivity contribution in [1.82, 2.24) is 5.43 Å². The van der Waals surface area contributed by atoms with Gasteiger partial charge in [0.1, 0.15) is 0 Å². The van der Waals surface area contributed by atoms with E-state index in [0.29, 0.717) is 33.9 Å². The Morgan fingerprint density at radius 3 is 1.94 bits per heavy atom. The second-order valence-electron chi connectivity index (χ2n) is 7.58. The van der Waals surface area contributed by atoms with Gasteiger partial charge in [-0.25, -0.2) is 5.43 Å². The van der Waals surface area contributed by atoms with Crippen molar-refractivity contribution >= 4 is 29.6 Å². The van der Waals surface area contributed by atoms with Gasteiger partial charge in [0.05, 0.1) is 26.4 Å². The van der Waals surface area contributed by atoms with Crippen LogP contribution in [0.4, 0.5) is 0 Å². The number of ketones is 1. The molecule has 0 aliphatic carbocycles. The van der Waals surface area contributed by atoms with Crippen molar-refractivity contribution in [3.8, 4) is 23.0 Å². The summed E-state index contributed by atoms with van der Waals surface area (Å²) in [5.41, 5.74) is 4.59. The molecule has 8 heteroatoms. The number of amides is 1. The Morgan fingerprint density at radius 1 is 0.833 bits per heavy atom. The number of methoxy groups -OCH3 is 2. The van der Waals surface area contributed by atoms with E-state index in [1.54, 1.807) is 72.8 Å². The number of aromatic hydroxyl groups is 2. The van der Waals surface area contributed by atoms with Crippen LogP contribution in [-0.2, 0) is 4.79 Å². The van der Waals surface area contributed by atoms with Crippen molar-refractivity contribution in [1.29, 1.82) is 0 Å². The average Bonchev–Trinajstić information content (AvgIpc) is 2.90. The monoisotopic (exact) mass is 486 g/mol. The number of nitrogens with one attached hydrogen (secondary N) is 1. The summed E-state index contributed by atoms with van der Waals surface area (Å²) < 4.78 is 10.2. The van der Waals surface area contributed by atoms with Crippen LogP contribution in [0.25, 0.3) is 12.2 Å². The van der Waals surface area contributed by atoms with Crippen LogP contribution in [-0.4, -0.2) is 41.8 Å². The molecule has 1 amide bonds. The quantitative estimate of drug-likeness (QED) is 0.219. The highest BCUT2D eigenvalue weighted by molar-refractivity contribution is 6.13. The van der Waals surface area contributed by atoms with E-state index in [1.165, 1.54) is 32.4 Å². The number of phenolic OH excluding ortho intramolecular Hbond substituents is 2. The van der Waals surface area contributed by atoms with Gasteiger partial charge in [0.25, 0.3) is 5.91 Å². The molecule has 3 aromatic rings. The molecule has 0 saturated carbocycles. The highest BCUT2D eigenvalue weighted by Crippen LogP contribution is 2.27. The van der Waals surface area contributed by atoms with Gasteiger partial charge in [0.15, 0.2) is 28.8 Å². The Kier molecular flexibility index (Phi) is 9.00. The summed E-state index contributed by atoms with van der Waals surface area (Å²) in [5, 5.41) is 23.7. The highest BCUT2D eigenvalue weighted by Gasteiger charge is 2.08. The number of carbonyl (C=O) groups excluding carboxylic acids is 2. The van der Waals surface area contributed by atoms with Gasteiger partial charge in [-0.1, -0.05) is 42.5 Å². The molecule has 0 radical (unpaired) electrons. The maximum atomic E-state index is 12.7. The second-order valence-corrected chi connectivity index (χ2v) is 7.58. The maximum Gasteiger partial charge on any atom is 0.271 e. The van der Waals surface area contributed by atoms with Crippen LogP contribution in [0.3, 0.4) is 0 Å². The van der Waals surface area contributed by atoms with Gasteiger partial charge in [-0.15, -0.1) is 0 Å². The zero-order valence-electron chi connectivity index (χ0n) is 19.8. The molecule has 0 spiro atoms. The van der Waals surface area contributed by atoms with E-state index in [-0.39, 0.29) is 23.7 Å². The van der Waals surface area contributed by atoms with Crippen LogP contribution >= 0.6 is 0 Å². The first-order valence-electron chi connectivity index (χ1n) is 10.9. The number of hydrazone groups is 1. The molecule has 0 aromatic heterocycles. The summed E-state index contributed by atoms with van der Waals surface area (Å²) in [7, 11) is 2.89. The Morgan fingerprint density at radius 2 is 1.39 bits per heavy atom. The van der Waals surface area contributed by atoms with Gasteiger partial charge in [-0.05, 0) is 59.7 Å². The minimum Gasteiger partial charge on any atom is -0.504 e. The van der Waals surface area contributed by atoms with E-state index in [2.05, 4.69) is 10.5 Å². The smallest absolute Gasteiger partial charge is 0.271 e. The van der Waals surface area contributed by atoms with E-state index in [9.17, 15) is 19.8 Å². The van der Waals surface area contributed by atoms with Gasteiger partial charge < -0.3 is 19.7 Å².